The van der Waals surface area contributed by atoms with Gasteiger partial charge in [-0.2, -0.15) is 10.5 Å². The van der Waals surface area contributed by atoms with Crippen LogP contribution in [-0.4, -0.2) is 13.7 Å². The number of aromatic nitrogens is 3. The molecule has 254 valence electrons. The van der Waals surface area contributed by atoms with E-state index in [1.54, 1.807) is 0 Å². The van der Waals surface area contributed by atoms with Gasteiger partial charge in [0.1, 0.15) is 0 Å². The van der Waals surface area contributed by atoms with Crippen molar-refractivity contribution in [2.75, 3.05) is 0 Å². The molecular formula is C50H29N5. The summed E-state index contributed by atoms with van der Waals surface area (Å²) in [6.07, 6.45) is 0. The Hall–Kier alpha value is -7.86. The van der Waals surface area contributed by atoms with Gasteiger partial charge in [0.15, 0.2) is 0 Å². The van der Waals surface area contributed by atoms with Crippen LogP contribution in [0.3, 0.4) is 0 Å². The molecule has 3 aromatic heterocycles. The van der Waals surface area contributed by atoms with E-state index in [9.17, 15) is 10.5 Å². The molecule has 0 fully saturated rings. The lowest BCUT2D eigenvalue weighted by Gasteiger charge is -2.13. The largest absolute Gasteiger partial charge is 0.309 e. The second-order valence-corrected chi connectivity index (χ2v) is 14.0. The van der Waals surface area contributed by atoms with Crippen LogP contribution in [0.4, 0.5) is 0 Å². The summed E-state index contributed by atoms with van der Waals surface area (Å²) in [7, 11) is 0. The molecule has 11 rings (SSSR count). The highest BCUT2D eigenvalue weighted by molar-refractivity contribution is 6.16. The third kappa shape index (κ3) is 4.45. The molecule has 0 amide bonds. The fourth-order valence-corrected chi connectivity index (χ4v) is 8.77. The Kier molecular flexibility index (Phi) is 6.61. The number of hydrogen-bond acceptors (Lipinski definition) is 2. The van der Waals surface area contributed by atoms with Crippen molar-refractivity contribution in [3.05, 3.63) is 187 Å². The van der Waals surface area contributed by atoms with Crippen molar-refractivity contribution in [1.82, 2.24) is 13.7 Å². The number of nitriles is 2. The lowest BCUT2D eigenvalue weighted by molar-refractivity contribution is 1.17. The van der Waals surface area contributed by atoms with E-state index in [0.717, 1.165) is 72.1 Å². The monoisotopic (exact) mass is 699 g/mol. The van der Waals surface area contributed by atoms with E-state index in [0.29, 0.717) is 11.1 Å². The second-order valence-electron chi connectivity index (χ2n) is 14.0. The molecule has 0 atom stereocenters. The minimum atomic E-state index is 0.605. The van der Waals surface area contributed by atoms with Crippen LogP contribution in [0.1, 0.15) is 11.1 Å². The molecule has 11 aromatic rings. The summed E-state index contributed by atoms with van der Waals surface area (Å²) in [4.78, 5) is 0. The molecule has 0 aliphatic rings. The molecule has 0 bridgehead atoms. The maximum atomic E-state index is 10.5. The van der Waals surface area contributed by atoms with Crippen LogP contribution in [0.5, 0.6) is 0 Å². The first kappa shape index (κ1) is 30.7. The van der Waals surface area contributed by atoms with Gasteiger partial charge >= 0.3 is 0 Å². The summed E-state index contributed by atoms with van der Waals surface area (Å²) >= 11 is 0. The van der Waals surface area contributed by atoms with Gasteiger partial charge in [-0.15, -0.1) is 0 Å². The highest BCUT2D eigenvalue weighted by Gasteiger charge is 2.20. The van der Waals surface area contributed by atoms with Crippen molar-refractivity contribution in [2.24, 2.45) is 0 Å². The summed E-state index contributed by atoms with van der Waals surface area (Å²) in [5.41, 5.74) is 12.6. The number of fused-ring (bicyclic) bond motifs is 9. The molecule has 3 heterocycles. The summed E-state index contributed by atoms with van der Waals surface area (Å²) in [5, 5.41) is 27.4. The van der Waals surface area contributed by atoms with Gasteiger partial charge in [-0.3, -0.25) is 0 Å². The van der Waals surface area contributed by atoms with E-state index in [1.807, 2.05) is 18.2 Å². The molecule has 0 spiro atoms. The molecule has 0 aliphatic heterocycles. The van der Waals surface area contributed by atoms with Crippen molar-refractivity contribution < 1.29 is 0 Å². The molecule has 0 unspecified atom stereocenters. The fraction of sp³-hybridized carbons (Fsp3) is 0. The Labute approximate surface area is 316 Å². The zero-order chi connectivity index (χ0) is 36.6. The number of benzene rings is 8. The Morgan fingerprint density at radius 3 is 1.47 bits per heavy atom. The number of rotatable bonds is 4. The first-order valence-electron chi connectivity index (χ1n) is 18.3. The Morgan fingerprint density at radius 1 is 0.364 bits per heavy atom. The summed E-state index contributed by atoms with van der Waals surface area (Å²) in [5.74, 6) is 0. The molecule has 0 radical (unpaired) electrons. The van der Waals surface area contributed by atoms with Gasteiger partial charge in [0.2, 0.25) is 0 Å². The number of para-hydroxylation sites is 4. The standard InChI is InChI=1S/C50H29N5/c51-30-32-20-26-42-49(28-32)53(47-18-9-19-48(50(42)47)55-45-16-7-3-12-40(45)41-13-4-8-17-46(41)55)35-23-21-33(22-24-35)37-27-25-36(29-34(37)31-52)54-43-14-5-1-10-38(43)39-11-2-6-15-44(39)54/h1-29H. The Bertz CT molecular complexity index is 3350. The summed E-state index contributed by atoms with van der Waals surface area (Å²) in [6.45, 7) is 0. The lowest BCUT2D eigenvalue weighted by Crippen LogP contribution is -1.97. The van der Waals surface area contributed by atoms with E-state index in [1.165, 1.54) is 21.5 Å². The average molecular weight is 700 g/mol. The van der Waals surface area contributed by atoms with Gasteiger partial charge in [0, 0.05) is 43.7 Å². The molecule has 0 aliphatic carbocycles. The van der Waals surface area contributed by atoms with Gasteiger partial charge in [0.25, 0.3) is 0 Å². The predicted octanol–water partition coefficient (Wildman–Crippen LogP) is 12.4. The van der Waals surface area contributed by atoms with Gasteiger partial charge in [-0.05, 0) is 83.9 Å². The number of nitrogens with zero attached hydrogens (tertiary/aromatic N) is 5. The minimum absolute atomic E-state index is 0.605. The molecule has 0 saturated heterocycles. The maximum Gasteiger partial charge on any atom is 0.0998 e. The number of hydrogen-bond donors (Lipinski definition) is 0. The highest BCUT2D eigenvalue weighted by atomic mass is 15.0. The van der Waals surface area contributed by atoms with Crippen LogP contribution in [0.15, 0.2) is 176 Å². The van der Waals surface area contributed by atoms with Crippen LogP contribution in [0.2, 0.25) is 0 Å². The van der Waals surface area contributed by atoms with E-state index in [2.05, 4.69) is 184 Å². The molecule has 5 nitrogen and oxygen atoms in total. The van der Waals surface area contributed by atoms with Crippen LogP contribution >= 0.6 is 0 Å². The third-order valence-electron chi connectivity index (χ3n) is 11.1. The highest BCUT2D eigenvalue weighted by Crippen LogP contribution is 2.41. The van der Waals surface area contributed by atoms with Crippen molar-refractivity contribution >= 4 is 65.4 Å². The van der Waals surface area contributed by atoms with Gasteiger partial charge < -0.3 is 13.7 Å². The molecule has 55 heavy (non-hydrogen) atoms. The van der Waals surface area contributed by atoms with Crippen molar-refractivity contribution in [3.8, 4) is 40.3 Å². The zero-order valence-corrected chi connectivity index (χ0v) is 29.5. The van der Waals surface area contributed by atoms with E-state index >= 15 is 0 Å². The Balaban J connectivity index is 1.07. The Morgan fingerprint density at radius 2 is 0.891 bits per heavy atom. The van der Waals surface area contributed by atoms with E-state index < -0.39 is 0 Å². The van der Waals surface area contributed by atoms with Crippen LogP contribution in [0, 0.1) is 22.7 Å². The molecule has 8 aromatic carbocycles. The topological polar surface area (TPSA) is 62.4 Å². The quantitative estimate of drug-likeness (QED) is 0.184. The van der Waals surface area contributed by atoms with Gasteiger partial charge in [-0.1, -0.05) is 103 Å². The minimum Gasteiger partial charge on any atom is -0.309 e. The van der Waals surface area contributed by atoms with Crippen LogP contribution in [-0.2, 0) is 0 Å². The molecule has 0 N–H and O–H groups in total. The average Bonchev–Trinajstić information content (AvgIpc) is 3.89. The first-order valence-corrected chi connectivity index (χ1v) is 18.3. The van der Waals surface area contributed by atoms with E-state index in [4.69, 9.17) is 0 Å². The third-order valence-corrected chi connectivity index (χ3v) is 11.1. The normalized spacial score (nSPS) is 11.6. The SMILES string of the molecule is N#Cc1ccc2c3c(-n4c5ccccc5c5ccccc54)cccc3n(-c3ccc(-c4ccc(-n5c6ccccc6c6ccccc65)cc4C#N)cc3)c2c1. The van der Waals surface area contributed by atoms with Crippen molar-refractivity contribution in [1.29, 1.82) is 10.5 Å². The van der Waals surface area contributed by atoms with Crippen molar-refractivity contribution in [3.63, 3.8) is 0 Å². The summed E-state index contributed by atoms with van der Waals surface area (Å²) < 4.78 is 6.86. The predicted molar refractivity (Wildman–Crippen MR) is 224 cm³/mol. The van der Waals surface area contributed by atoms with Gasteiger partial charge in [0.05, 0.1) is 62.1 Å². The van der Waals surface area contributed by atoms with E-state index in [-0.39, 0.29) is 0 Å². The fourth-order valence-electron chi connectivity index (χ4n) is 8.77. The molecular weight excluding hydrogens is 671 g/mol. The second kappa shape index (κ2) is 11.8. The smallest absolute Gasteiger partial charge is 0.0998 e. The maximum absolute atomic E-state index is 10.5. The van der Waals surface area contributed by atoms with Crippen molar-refractivity contribution in [2.45, 2.75) is 0 Å². The molecule has 0 saturated carbocycles. The van der Waals surface area contributed by atoms with Crippen LogP contribution in [0.25, 0.3) is 93.6 Å². The zero-order valence-electron chi connectivity index (χ0n) is 29.5. The summed E-state index contributed by atoms with van der Waals surface area (Å²) in [6, 6.07) is 65.8. The lowest BCUT2D eigenvalue weighted by atomic mass is 9.99. The van der Waals surface area contributed by atoms with Crippen LogP contribution < -0.4 is 0 Å². The first-order chi connectivity index (χ1) is 27.2. The van der Waals surface area contributed by atoms with Gasteiger partial charge in [-0.25, -0.2) is 0 Å². The molecule has 5 heteroatoms.